The lowest BCUT2D eigenvalue weighted by molar-refractivity contribution is -0.140. The quantitative estimate of drug-likeness (QED) is 0.301. The number of anilines is 2. The minimum atomic E-state index is -4.42. The predicted octanol–water partition coefficient (Wildman–Crippen LogP) is 5.21. The minimum absolute atomic E-state index is 0.0933. The summed E-state index contributed by atoms with van der Waals surface area (Å²) in [5.74, 6) is 5.80. The van der Waals surface area contributed by atoms with E-state index in [1.165, 1.54) is 17.7 Å². The fourth-order valence-corrected chi connectivity index (χ4v) is 5.28. The number of amides is 1. The second kappa shape index (κ2) is 13.5. The van der Waals surface area contributed by atoms with Crippen molar-refractivity contribution >= 4 is 28.2 Å². The maximum Gasteiger partial charge on any atom is 0.406 e. The highest BCUT2D eigenvalue weighted by Crippen LogP contribution is 2.32. The topological polar surface area (TPSA) is 94.3 Å². The zero-order valence-electron chi connectivity index (χ0n) is 23.9. The van der Waals surface area contributed by atoms with Crippen LogP contribution in [0, 0.1) is 23.2 Å². The normalized spacial score (nSPS) is 16.8. The van der Waals surface area contributed by atoms with Crippen molar-refractivity contribution < 1.29 is 22.7 Å². The lowest BCUT2D eigenvalue weighted by atomic mass is 9.90. The lowest BCUT2D eigenvalue weighted by Crippen LogP contribution is -2.36. The third-order valence-corrected chi connectivity index (χ3v) is 7.42. The van der Waals surface area contributed by atoms with Gasteiger partial charge in [0, 0.05) is 35.8 Å². The highest BCUT2D eigenvalue weighted by Gasteiger charge is 2.30. The number of aromatic nitrogens is 1. The summed E-state index contributed by atoms with van der Waals surface area (Å²) in [7, 11) is 5.68. The number of halogens is 3. The summed E-state index contributed by atoms with van der Waals surface area (Å²) in [6.07, 6.45) is -0.307. The van der Waals surface area contributed by atoms with Crippen LogP contribution >= 0.6 is 0 Å². The van der Waals surface area contributed by atoms with E-state index in [0.717, 1.165) is 31.4 Å². The first kappa shape index (κ1) is 30.6. The summed E-state index contributed by atoms with van der Waals surface area (Å²) in [6.45, 7) is -1.28. The number of ether oxygens (including phenoxy) is 1. The van der Waals surface area contributed by atoms with E-state index in [9.17, 15) is 18.0 Å². The van der Waals surface area contributed by atoms with Crippen LogP contribution < -0.4 is 20.7 Å². The molecule has 0 bridgehead atoms. The van der Waals surface area contributed by atoms with Crippen molar-refractivity contribution in [3.05, 3.63) is 53.7 Å². The zero-order chi connectivity index (χ0) is 30.3. The van der Waals surface area contributed by atoms with E-state index in [1.54, 1.807) is 30.3 Å². The standard InChI is InChI=1S/C31H35F3N6O2/c1-36-30(41)21-9-14-27(29(18-21)42-17-15-35)37-16-5-6-24-19-25-26(38-22-10-12-23(13-11-22)39(2)3)7-4-8-28(25)40(24)20-31(32,33)34/h4,7-9,14,18-19,22-23,37-38H,10-13,16-17,20H2,1-3H3,(H,36,41)/t22-,23-. The third-order valence-electron chi connectivity index (χ3n) is 7.42. The molecule has 1 amide bonds. The molecule has 0 spiro atoms. The maximum atomic E-state index is 13.6. The van der Waals surface area contributed by atoms with Crippen LogP contribution in [-0.4, -0.2) is 67.9 Å². The molecule has 0 radical (unpaired) electrons. The summed E-state index contributed by atoms with van der Waals surface area (Å²) >= 11 is 0. The Bertz CT molecular complexity index is 1510. The van der Waals surface area contributed by atoms with Gasteiger partial charge < -0.3 is 30.2 Å². The Morgan fingerprint density at radius 3 is 2.55 bits per heavy atom. The molecule has 2 aromatic carbocycles. The second-order valence-corrected chi connectivity index (χ2v) is 10.5. The summed E-state index contributed by atoms with van der Waals surface area (Å²) < 4.78 is 47.5. The second-order valence-electron chi connectivity index (χ2n) is 10.5. The molecular formula is C31H35F3N6O2. The van der Waals surface area contributed by atoms with E-state index in [0.29, 0.717) is 33.9 Å². The molecule has 1 fully saturated rings. The van der Waals surface area contributed by atoms with Crippen LogP contribution in [0.15, 0.2) is 42.5 Å². The van der Waals surface area contributed by atoms with Gasteiger partial charge in [-0.25, -0.2) is 0 Å². The summed E-state index contributed by atoms with van der Waals surface area (Å²) in [4.78, 5) is 14.2. The molecule has 0 atom stereocenters. The number of hydrogen-bond donors (Lipinski definition) is 3. The fourth-order valence-electron chi connectivity index (χ4n) is 5.28. The molecule has 1 aliphatic rings. The van der Waals surface area contributed by atoms with Gasteiger partial charge in [-0.05, 0) is 82.1 Å². The van der Waals surface area contributed by atoms with E-state index in [1.807, 2.05) is 12.1 Å². The molecule has 1 saturated carbocycles. The number of fused-ring (bicyclic) bond motifs is 1. The van der Waals surface area contributed by atoms with Gasteiger partial charge in [-0.15, -0.1) is 0 Å². The van der Waals surface area contributed by atoms with Crippen LogP contribution in [0.4, 0.5) is 24.5 Å². The van der Waals surface area contributed by atoms with Crippen LogP contribution in [0.3, 0.4) is 0 Å². The summed E-state index contributed by atoms with van der Waals surface area (Å²) in [5, 5.41) is 18.8. The van der Waals surface area contributed by atoms with Crippen molar-refractivity contribution in [1.29, 1.82) is 5.26 Å². The average molecular weight is 581 g/mol. The molecule has 4 rings (SSSR count). The first-order valence-corrected chi connectivity index (χ1v) is 13.8. The Balaban J connectivity index is 1.56. The molecule has 1 heterocycles. The Morgan fingerprint density at radius 2 is 1.88 bits per heavy atom. The zero-order valence-corrected chi connectivity index (χ0v) is 23.9. The van der Waals surface area contributed by atoms with Crippen molar-refractivity contribution in [3.63, 3.8) is 0 Å². The number of nitriles is 1. The summed E-state index contributed by atoms with van der Waals surface area (Å²) in [6, 6.07) is 14.5. The van der Waals surface area contributed by atoms with Gasteiger partial charge in [-0.3, -0.25) is 4.79 Å². The number of hydrogen-bond acceptors (Lipinski definition) is 6. The largest absolute Gasteiger partial charge is 0.477 e. The van der Waals surface area contributed by atoms with Crippen molar-refractivity contribution in [3.8, 4) is 23.7 Å². The highest BCUT2D eigenvalue weighted by molar-refractivity contribution is 5.95. The van der Waals surface area contributed by atoms with E-state index in [2.05, 4.69) is 46.8 Å². The van der Waals surface area contributed by atoms with Crippen LogP contribution in [-0.2, 0) is 6.54 Å². The molecule has 3 N–H and O–H groups in total. The molecule has 222 valence electrons. The van der Waals surface area contributed by atoms with Crippen LogP contribution in [0.2, 0.25) is 0 Å². The number of alkyl halides is 3. The van der Waals surface area contributed by atoms with E-state index in [4.69, 9.17) is 10.00 Å². The minimum Gasteiger partial charge on any atom is -0.477 e. The predicted molar refractivity (Wildman–Crippen MR) is 158 cm³/mol. The van der Waals surface area contributed by atoms with Gasteiger partial charge in [-0.2, -0.15) is 18.4 Å². The van der Waals surface area contributed by atoms with Gasteiger partial charge in [-0.1, -0.05) is 12.0 Å². The van der Waals surface area contributed by atoms with Gasteiger partial charge in [0.05, 0.1) is 23.4 Å². The Hall–Kier alpha value is -4.35. The third kappa shape index (κ3) is 7.68. The number of rotatable bonds is 9. The van der Waals surface area contributed by atoms with Gasteiger partial charge in [0.15, 0.2) is 6.61 Å². The molecule has 1 aliphatic carbocycles. The first-order chi connectivity index (χ1) is 20.1. The molecule has 0 unspecified atom stereocenters. The van der Waals surface area contributed by atoms with E-state index < -0.39 is 12.7 Å². The molecule has 8 nitrogen and oxygen atoms in total. The first-order valence-electron chi connectivity index (χ1n) is 13.8. The van der Waals surface area contributed by atoms with Crippen LogP contribution in [0.25, 0.3) is 10.9 Å². The van der Waals surface area contributed by atoms with Crippen LogP contribution in [0.5, 0.6) is 5.75 Å². The molecule has 0 saturated heterocycles. The molecule has 3 aromatic rings. The monoisotopic (exact) mass is 580 g/mol. The number of nitrogens with one attached hydrogen (secondary N) is 3. The van der Waals surface area contributed by atoms with E-state index >= 15 is 0 Å². The Labute approximate surface area is 243 Å². The molecule has 0 aliphatic heterocycles. The Kier molecular flexibility index (Phi) is 9.87. The highest BCUT2D eigenvalue weighted by atomic mass is 19.4. The van der Waals surface area contributed by atoms with Gasteiger partial charge in [0.2, 0.25) is 0 Å². The van der Waals surface area contributed by atoms with E-state index in [-0.39, 0.29) is 30.8 Å². The number of carbonyl (C=O) groups excluding carboxylic acids is 1. The van der Waals surface area contributed by atoms with Crippen molar-refractivity contribution in [2.45, 2.75) is 50.5 Å². The van der Waals surface area contributed by atoms with Crippen molar-refractivity contribution in [1.82, 2.24) is 14.8 Å². The molecular weight excluding hydrogens is 545 g/mol. The molecule has 1 aromatic heterocycles. The maximum absolute atomic E-state index is 13.6. The fraction of sp³-hybridized carbons (Fsp3) is 0.419. The van der Waals surface area contributed by atoms with Gasteiger partial charge >= 0.3 is 6.18 Å². The smallest absolute Gasteiger partial charge is 0.406 e. The number of benzene rings is 2. The molecule has 11 heteroatoms. The number of carbonyl (C=O) groups is 1. The van der Waals surface area contributed by atoms with Gasteiger partial charge in [0.25, 0.3) is 5.91 Å². The van der Waals surface area contributed by atoms with Crippen molar-refractivity contribution in [2.24, 2.45) is 0 Å². The van der Waals surface area contributed by atoms with Crippen LogP contribution in [0.1, 0.15) is 41.7 Å². The molecule has 42 heavy (non-hydrogen) atoms. The lowest BCUT2D eigenvalue weighted by Gasteiger charge is -2.33. The van der Waals surface area contributed by atoms with Crippen molar-refractivity contribution in [2.75, 3.05) is 44.9 Å². The average Bonchev–Trinajstić information content (AvgIpc) is 3.30. The summed E-state index contributed by atoms with van der Waals surface area (Å²) in [5.41, 5.74) is 2.38. The Morgan fingerprint density at radius 1 is 1.12 bits per heavy atom. The number of nitrogens with zero attached hydrogens (tertiary/aromatic N) is 3. The SMILES string of the molecule is CNC(=O)c1ccc(NCC#Cc2cc3c(N[C@H]4CC[C@H](N(C)C)CC4)cccc3n2CC(F)(F)F)c(OCC#N)c1. The van der Waals surface area contributed by atoms with Gasteiger partial charge in [0.1, 0.15) is 18.4 Å².